The maximum Gasteiger partial charge on any atom is 0.573 e. The highest BCUT2D eigenvalue weighted by Gasteiger charge is 2.38. The first-order valence-electron chi connectivity index (χ1n) is 10.4. The molecule has 32 heavy (non-hydrogen) atoms. The smallest absolute Gasteiger partial charge is 0.406 e. The summed E-state index contributed by atoms with van der Waals surface area (Å²) in [6.07, 6.45) is 0.937. The fourth-order valence-corrected chi connectivity index (χ4v) is 3.81. The molecule has 2 aromatic rings. The summed E-state index contributed by atoms with van der Waals surface area (Å²) in [4.78, 5) is 28.4. The number of amides is 2. The molecule has 1 aliphatic carbocycles. The molecule has 1 heterocycles. The van der Waals surface area contributed by atoms with Crippen LogP contribution in [-0.2, 0) is 21.5 Å². The molecule has 3 rings (SSSR count). The van der Waals surface area contributed by atoms with Crippen LogP contribution < -0.4 is 15.4 Å². The van der Waals surface area contributed by atoms with E-state index in [2.05, 4.69) is 25.5 Å². The second-order valence-corrected chi connectivity index (χ2v) is 7.81. The van der Waals surface area contributed by atoms with Gasteiger partial charge in [-0.25, -0.2) is 0 Å². The maximum atomic E-state index is 12.2. The normalized spacial score (nSPS) is 16.1. The van der Waals surface area contributed by atoms with Crippen LogP contribution in [0.15, 0.2) is 28.8 Å². The average Bonchev–Trinajstić information content (AvgIpc) is 3.07. The number of halogens is 3. The van der Waals surface area contributed by atoms with Crippen molar-refractivity contribution in [1.29, 1.82) is 0 Å². The summed E-state index contributed by atoms with van der Waals surface area (Å²) in [7, 11) is 0. The second-order valence-electron chi connectivity index (χ2n) is 7.81. The minimum absolute atomic E-state index is 0.0373. The van der Waals surface area contributed by atoms with E-state index in [1.165, 1.54) is 19.1 Å². The Morgan fingerprint density at radius 2 is 1.78 bits per heavy atom. The van der Waals surface area contributed by atoms with Gasteiger partial charge in [0.25, 0.3) is 0 Å². The molecular weight excluding hydrogens is 429 g/mol. The van der Waals surface area contributed by atoms with Gasteiger partial charge in [0.1, 0.15) is 11.3 Å². The van der Waals surface area contributed by atoms with Crippen LogP contribution >= 0.6 is 0 Å². The molecule has 0 saturated heterocycles. The van der Waals surface area contributed by atoms with Crippen molar-refractivity contribution >= 4 is 17.5 Å². The summed E-state index contributed by atoms with van der Waals surface area (Å²) in [5.74, 6) is -0.201. The average molecular weight is 454 g/mol. The fraction of sp³-hybridized carbons (Fsp3) is 0.524. The monoisotopic (exact) mass is 454 g/mol. The number of hydrogen-bond donors (Lipinski definition) is 2. The first-order valence-corrected chi connectivity index (χ1v) is 10.4. The lowest BCUT2D eigenvalue weighted by molar-refractivity contribution is -0.274. The van der Waals surface area contributed by atoms with Gasteiger partial charge in [-0.05, 0) is 37.1 Å². The van der Waals surface area contributed by atoms with Gasteiger partial charge in [-0.3, -0.25) is 9.59 Å². The van der Waals surface area contributed by atoms with Crippen molar-refractivity contribution in [3.63, 3.8) is 0 Å². The van der Waals surface area contributed by atoms with E-state index in [0.29, 0.717) is 11.5 Å². The van der Waals surface area contributed by atoms with E-state index in [9.17, 15) is 22.8 Å². The highest BCUT2D eigenvalue weighted by molar-refractivity contribution is 5.90. The van der Waals surface area contributed by atoms with Crippen LogP contribution in [-0.4, -0.2) is 28.3 Å². The summed E-state index contributed by atoms with van der Waals surface area (Å²) in [6, 6.07) is 4.85. The van der Waals surface area contributed by atoms with Gasteiger partial charge in [-0.15, -0.1) is 13.2 Å². The highest BCUT2D eigenvalue weighted by atomic mass is 19.4. The third kappa shape index (κ3) is 6.69. The molecule has 0 spiro atoms. The molecule has 8 nitrogen and oxygen atoms in total. The molecule has 0 atom stereocenters. The number of anilines is 1. The number of aromatic nitrogens is 2. The van der Waals surface area contributed by atoms with E-state index in [0.717, 1.165) is 50.7 Å². The Bertz CT molecular complexity index is 920. The number of carbonyl (C=O) groups is 2. The zero-order valence-electron chi connectivity index (χ0n) is 17.6. The van der Waals surface area contributed by atoms with Crippen molar-refractivity contribution in [2.24, 2.45) is 0 Å². The number of aryl methyl sites for hydroxylation is 1. The molecular formula is C21H25F3N4O4. The minimum Gasteiger partial charge on any atom is -0.406 e. The van der Waals surface area contributed by atoms with E-state index in [1.807, 2.05) is 0 Å². The summed E-state index contributed by atoms with van der Waals surface area (Å²) in [5.41, 5.74) is -0.328. The predicted molar refractivity (Wildman–Crippen MR) is 108 cm³/mol. The van der Waals surface area contributed by atoms with Crippen LogP contribution in [0.25, 0.3) is 0 Å². The van der Waals surface area contributed by atoms with Gasteiger partial charge in [0.05, 0.1) is 0 Å². The molecule has 0 bridgehead atoms. The van der Waals surface area contributed by atoms with Gasteiger partial charge < -0.3 is 19.9 Å². The summed E-state index contributed by atoms with van der Waals surface area (Å²) in [6.45, 7) is 1.46. The summed E-state index contributed by atoms with van der Waals surface area (Å²) < 4.78 is 45.7. The van der Waals surface area contributed by atoms with Gasteiger partial charge in [0.2, 0.25) is 17.7 Å². The quantitative estimate of drug-likeness (QED) is 0.607. The molecule has 1 aromatic carbocycles. The van der Waals surface area contributed by atoms with E-state index in [1.54, 1.807) is 0 Å². The number of hydrogen-bond acceptors (Lipinski definition) is 6. The molecule has 0 unspecified atom stereocenters. The second kappa shape index (κ2) is 10.0. The Labute approximate surface area is 182 Å². The van der Waals surface area contributed by atoms with E-state index in [4.69, 9.17) is 4.52 Å². The Kier molecular flexibility index (Phi) is 7.37. The van der Waals surface area contributed by atoms with Crippen molar-refractivity contribution in [3.8, 4) is 5.75 Å². The molecule has 2 amide bonds. The Morgan fingerprint density at radius 1 is 1.12 bits per heavy atom. The van der Waals surface area contributed by atoms with E-state index < -0.39 is 11.9 Å². The lowest BCUT2D eigenvalue weighted by Gasteiger charge is -2.30. The number of alkyl halides is 3. The molecule has 11 heteroatoms. The van der Waals surface area contributed by atoms with Crippen LogP contribution in [0.1, 0.15) is 63.6 Å². The van der Waals surface area contributed by atoms with Crippen LogP contribution in [0, 0.1) is 0 Å². The lowest BCUT2D eigenvalue weighted by atomic mass is 9.89. The van der Waals surface area contributed by atoms with Crippen LogP contribution in [0.5, 0.6) is 5.75 Å². The van der Waals surface area contributed by atoms with Crippen LogP contribution in [0.2, 0.25) is 0 Å². The van der Waals surface area contributed by atoms with Crippen molar-refractivity contribution in [2.75, 3.05) is 5.32 Å². The molecule has 0 radical (unpaired) electrons. The van der Waals surface area contributed by atoms with Gasteiger partial charge in [0.15, 0.2) is 5.82 Å². The predicted octanol–water partition coefficient (Wildman–Crippen LogP) is 4.23. The lowest BCUT2D eigenvalue weighted by Crippen LogP contribution is -2.45. The highest BCUT2D eigenvalue weighted by Crippen LogP contribution is 2.34. The third-order valence-corrected chi connectivity index (χ3v) is 5.21. The van der Waals surface area contributed by atoms with Crippen molar-refractivity contribution in [2.45, 2.75) is 70.2 Å². The topological polar surface area (TPSA) is 106 Å². The zero-order valence-corrected chi connectivity index (χ0v) is 17.6. The van der Waals surface area contributed by atoms with Gasteiger partial charge in [0, 0.05) is 25.5 Å². The first-order chi connectivity index (χ1) is 15.2. The standard InChI is InChI=1S/C21H25F3N4O4/c1-14(29)27-20(12-4-2-3-5-13-20)19-26-18(32-28-19)11-10-17(30)25-15-6-8-16(9-7-15)31-21(22,23)24/h6-9H,2-5,10-13H2,1H3,(H,25,30)(H,27,29). The van der Waals surface area contributed by atoms with Gasteiger partial charge in [-0.1, -0.05) is 30.8 Å². The van der Waals surface area contributed by atoms with Crippen molar-refractivity contribution in [3.05, 3.63) is 36.0 Å². The zero-order chi connectivity index (χ0) is 23.2. The van der Waals surface area contributed by atoms with Crippen molar-refractivity contribution in [1.82, 2.24) is 15.5 Å². The Balaban J connectivity index is 1.57. The van der Waals surface area contributed by atoms with Gasteiger partial charge >= 0.3 is 6.36 Å². The number of nitrogens with zero attached hydrogens (tertiary/aromatic N) is 2. The molecule has 174 valence electrons. The number of rotatable bonds is 7. The first kappa shape index (κ1) is 23.6. The fourth-order valence-electron chi connectivity index (χ4n) is 3.81. The molecule has 1 fully saturated rings. The number of carbonyl (C=O) groups excluding carboxylic acids is 2. The van der Waals surface area contributed by atoms with Crippen LogP contribution in [0.3, 0.4) is 0 Å². The largest absolute Gasteiger partial charge is 0.573 e. The summed E-state index contributed by atoms with van der Waals surface area (Å²) >= 11 is 0. The third-order valence-electron chi connectivity index (χ3n) is 5.21. The molecule has 2 N–H and O–H groups in total. The molecule has 0 aliphatic heterocycles. The van der Waals surface area contributed by atoms with Gasteiger partial charge in [-0.2, -0.15) is 4.98 Å². The maximum absolute atomic E-state index is 12.2. The SMILES string of the molecule is CC(=O)NC1(c2noc(CCC(=O)Nc3ccc(OC(F)(F)F)cc3)n2)CCCCCC1. The van der Waals surface area contributed by atoms with E-state index in [-0.39, 0.29) is 36.3 Å². The van der Waals surface area contributed by atoms with Crippen LogP contribution in [0.4, 0.5) is 18.9 Å². The molecule has 1 aliphatic rings. The Morgan fingerprint density at radius 3 is 2.38 bits per heavy atom. The summed E-state index contributed by atoms with van der Waals surface area (Å²) in [5, 5.41) is 9.66. The number of benzene rings is 1. The number of nitrogens with one attached hydrogen (secondary N) is 2. The van der Waals surface area contributed by atoms with E-state index >= 15 is 0 Å². The minimum atomic E-state index is -4.77. The molecule has 1 saturated carbocycles. The number of ether oxygens (including phenoxy) is 1. The Hall–Kier alpha value is -3.11. The molecule has 1 aromatic heterocycles. The van der Waals surface area contributed by atoms with Crippen molar-refractivity contribution < 1.29 is 32.0 Å².